The normalized spacial score (nSPS) is 20.2. The van der Waals surface area contributed by atoms with Crippen LogP contribution in [0.1, 0.15) is 17.8 Å². The molecule has 2 rings (SSSR count). The van der Waals surface area contributed by atoms with E-state index in [2.05, 4.69) is 10.3 Å². The summed E-state index contributed by atoms with van der Waals surface area (Å²) in [6.07, 6.45) is 1.13. The molecule has 1 aromatic rings. The summed E-state index contributed by atoms with van der Waals surface area (Å²) in [5, 5.41) is 12.9. The first kappa shape index (κ1) is 11.4. The standard InChI is InChI=1S/C12H18N2O2/c1-9-2-3-12(15)11(14-9)7-13-6-10-4-5-16-8-10/h2-3,10,13,15H,4-8H2,1H3. The molecule has 1 atom stereocenters. The van der Waals surface area contributed by atoms with Crippen molar-refractivity contribution in [2.24, 2.45) is 5.92 Å². The minimum Gasteiger partial charge on any atom is -0.506 e. The van der Waals surface area contributed by atoms with Crippen molar-refractivity contribution in [3.8, 4) is 5.75 Å². The molecule has 4 nitrogen and oxygen atoms in total. The molecule has 1 unspecified atom stereocenters. The number of aryl methyl sites for hydroxylation is 1. The Balaban J connectivity index is 1.82. The first-order valence-electron chi connectivity index (χ1n) is 5.69. The van der Waals surface area contributed by atoms with E-state index in [4.69, 9.17) is 4.74 Å². The third-order valence-electron chi connectivity index (χ3n) is 2.84. The molecular formula is C12H18N2O2. The molecule has 0 amide bonds. The van der Waals surface area contributed by atoms with Crippen molar-refractivity contribution in [2.45, 2.75) is 19.9 Å². The maximum absolute atomic E-state index is 9.60. The Bertz CT molecular complexity index is 349. The van der Waals surface area contributed by atoms with Gasteiger partial charge < -0.3 is 15.2 Å². The summed E-state index contributed by atoms with van der Waals surface area (Å²) < 4.78 is 5.30. The molecule has 0 aromatic carbocycles. The lowest BCUT2D eigenvalue weighted by molar-refractivity contribution is 0.185. The first-order valence-corrected chi connectivity index (χ1v) is 5.69. The molecule has 0 bridgehead atoms. The van der Waals surface area contributed by atoms with Crippen molar-refractivity contribution >= 4 is 0 Å². The molecular weight excluding hydrogens is 204 g/mol. The predicted molar refractivity (Wildman–Crippen MR) is 61.3 cm³/mol. The van der Waals surface area contributed by atoms with Gasteiger partial charge in [-0.3, -0.25) is 4.98 Å². The van der Waals surface area contributed by atoms with E-state index in [1.165, 1.54) is 0 Å². The predicted octanol–water partition coefficient (Wildman–Crippen LogP) is 1.22. The van der Waals surface area contributed by atoms with E-state index in [0.29, 0.717) is 12.5 Å². The first-order chi connectivity index (χ1) is 7.75. The van der Waals surface area contributed by atoms with Gasteiger partial charge in [-0.05, 0) is 31.4 Å². The maximum Gasteiger partial charge on any atom is 0.138 e. The highest BCUT2D eigenvalue weighted by Crippen LogP contribution is 2.15. The Morgan fingerprint density at radius 1 is 1.56 bits per heavy atom. The van der Waals surface area contributed by atoms with Crippen LogP contribution in [0.25, 0.3) is 0 Å². The second-order valence-electron chi connectivity index (χ2n) is 4.28. The topological polar surface area (TPSA) is 54.4 Å². The monoisotopic (exact) mass is 222 g/mol. The van der Waals surface area contributed by atoms with Gasteiger partial charge >= 0.3 is 0 Å². The van der Waals surface area contributed by atoms with Gasteiger partial charge in [-0.2, -0.15) is 0 Å². The Morgan fingerprint density at radius 2 is 2.44 bits per heavy atom. The van der Waals surface area contributed by atoms with Crippen molar-refractivity contribution in [1.29, 1.82) is 0 Å². The molecule has 0 aliphatic carbocycles. The number of hydrogen-bond donors (Lipinski definition) is 2. The minimum atomic E-state index is 0.265. The van der Waals surface area contributed by atoms with Crippen molar-refractivity contribution in [3.63, 3.8) is 0 Å². The summed E-state index contributed by atoms with van der Waals surface area (Å²) >= 11 is 0. The van der Waals surface area contributed by atoms with Crippen LogP contribution in [-0.4, -0.2) is 29.8 Å². The van der Waals surface area contributed by atoms with Crippen molar-refractivity contribution in [2.75, 3.05) is 19.8 Å². The fraction of sp³-hybridized carbons (Fsp3) is 0.583. The van der Waals surface area contributed by atoms with Gasteiger partial charge in [-0.1, -0.05) is 0 Å². The van der Waals surface area contributed by atoms with E-state index in [1.807, 2.05) is 13.0 Å². The highest BCUT2D eigenvalue weighted by Gasteiger charge is 2.15. The number of rotatable bonds is 4. The van der Waals surface area contributed by atoms with Gasteiger partial charge in [0.1, 0.15) is 5.75 Å². The van der Waals surface area contributed by atoms with Crippen LogP contribution in [0.15, 0.2) is 12.1 Å². The number of aromatic hydroxyl groups is 1. The average Bonchev–Trinajstić information content (AvgIpc) is 2.76. The van der Waals surface area contributed by atoms with Gasteiger partial charge in [0.05, 0.1) is 12.3 Å². The molecule has 2 N–H and O–H groups in total. The lowest BCUT2D eigenvalue weighted by atomic mass is 10.1. The molecule has 88 valence electrons. The Kier molecular flexibility index (Phi) is 3.74. The summed E-state index contributed by atoms with van der Waals surface area (Å²) in [4.78, 5) is 4.29. The van der Waals surface area contributed by atoms with E-state index in [1.54, 1.807) is 6.07 Å². The fourth-order valence-electron chi connectivity index (χ4n) is 1.87. The van der Waals surface area contributed by atoms with E-state index in [-0.39, 0.29) is 5.75 Å². The average molecular weight is 222 g/mol. The molecule has 0 spiro atoms. The molecule has 2 heterocycles. The second kappa shape index (κ2) is 5.27. The Labute approximate surface area is 95.7 Å². The number of aromatic nitrogens is 1. The maximum atomic E-state index is 9.60. The highest BCUT2D eigenvalue weighted by molar-refractivity contribution is 5.27. The zero-order chi connectivity index (χ0) is 11.4. The molecule has 4 heteroatoms. The third-order valence-corrected chi connectivity index (χ3v) is 2.84. The van der Waals surface area contributed by atoms with Crippen LogP contribution in [0.4, 0.5) is 0 Å². The zero-order valence-electron chi connectivity index (χ0n) is 9.57. The number of nitrogens with one attached hydrogen (secondary N) is 1. The quantitative estimate of drug-likeness (QED) is 0.804. The molecule has 0 saturated carbocycles. The number of nitrogens with zero attached hydrogens (tertiary/aromatic N) is 1. The molecule has 1 saturated heterocycles. The van der Waals surface area contributed by atoms with Crippen molar-refractivity contribution in [1.82, 2.24) is 10.3 Å². The van der Waals surface area contributed by atoms with Crippen LogP contribution in [0, 0.1) is 12.8 Å². The van der Waals surface area contributed by atoms with Crippen molar-refractivity contribution in [3.05, 3.63) is 23.5 Å². The molecule has 16 heavy (non-hydrogen) atoms. The summed E-state index contributed by atoms with van der Waals surface area (Å²) in [6.45, 7) is 5.19. The lowest BCUT2D eigenvalue weighted by Gasteiger charge is -2.10. The SMILES string of the molecule is Cc1ccc(O)c(CNCC2CCOC2)n1. The minimum absolute atomic E-state index is 0.265. The van der Waals surface area contributed by atoms with Crippen LogP contribution >= 0.6 is 0 Å². The number of hydrogen-bond acceptors (Lipinski definition) is 4. The van der Waals surface area contributed by atoms with E-state index < -0.39 is 0 Å². The van der Waals surface area contributed by atoms with E-state index in [0.717, 1.165) is 37.6 Å². The fourth-order valence-corrected chi connectivity index (χ4v) is 1.87. The van der Waals surface area contributed by atoms with Crippen molar-refractivity contribution < 1.29 is 9.84 Å². The van der Waals surface area contributed by atoms with Gasteiger partial charge in [0.2, 0.25) is 0 Å². The van der Waals surface area contributed by atoms with Gasteiger partial charge in [-0.15, -0.1) is 0 Å². The zero-order valence-corrected chi connectivity index (χ0v) is 9.57. The van der Waals surface area contributed by atoms with Crippen LogP contribution in [0.3, 0.4) is 0 Å². The van der Waals surface area contributed by atoms with Crippen LogP contribution in [0.2, 0.25) is 0 Å². The van der Waals surface area contributed by atoms with Gasteiger partial charge in [0.15, 0.2) is 0 Å². The summed E-state index contributed by atoms with van der Waals surface area (Å²) in [7, 11) is 0. The number of ether oxygens (including phenoxy) is 1. The summed E-state index contributed by atoms with van der Waals surface area (Å²) in [6, 6.07) is 3.50. The Morgan fingerprint density at radius 3 is 3.19 bits per heavy atom. The van der Waals surface area contributed by atoms with Crippen LogP contribution in [-0.2, 0) is 11.3 Å². The van der Waals surface area contributed by atoms with Gasteiger partial charge in [-0.25, -0.2) is 0 Å². The van der Waals surface area contributed by atoms with Crippen LogP contribution in [0.5, 0.6) is 5.75 Å². The second-order valence-corrected chi connectivity index (χ2v) is 4.28. The summed E-state index contributed by atoms with van der Waals surface area (Å²) in [5.74, 6) is 0.868. The molecule has 1 aromatic heterocycles. The van der Waals surface area contributed by atoms with E-state index >= 15 is 0 Å². The largest absolute Gasteiger partial charge is 0.506 e. The third kappa shape index (κ3) is 2.93. The Hall–Kier alpha value is -1.13. The number of pyridine rings is 1. The van der Waals surface area contributed by atoms with Crippen LogP contribution < -0.4 is 5.32 Å². The molecule has 0 radical (unpaired) electrons. The van der Waals surface area contributed by atoms with Gasteiger partial charge in [0.25, 0.3) is 0 Å². The smallest absolute Gasteiger partial charge is 0.138 e. The van der Waals surface area contributed by atoms with Gasteiger partial charge in [0, 0.05) is 25.4 Å². The lowest BCUT2D eigenvalue weighted by Crippen LogP contribution is -2.23. The molecule has 1 aliphatic heterocycles. The highest BCUT2D eigenvalue weighted by atomic mass is 16.5. The van der Waals surface area contributed by atoms with E-state index in [9.17, 15) is 5.11 Å². The molecule has 1 fully saturated rings. The summed E-state index contributed by atoms with van der Waals surface area (Å²) in [5.41, 5.74) is 1.65. The molecule has 1 aliphatic rings.